The molecule has 0 atom stereocenters. The highest BCUT2D eigenvalue weighted by Crippen LogP contribution is 2.32. The number of aryl methyl sites for hydroxylation is 2. The summed E-state index contributed by atoms with van der Waals surface area (Å²) in [6.07, 6.45) is 3.65. The van der Waals surface area contributed by atoms with E-state index in [1.165, 1.54) is 41.5 Å². The molecule has 2 nitrogen and oxygen atoms in total. The molecule has 0 aromatic carbocycles. The third-order valence-electron chi connectivity index (χ3n) is 3.31. The van der Waals surface area contributed by atoms with E-state index >= 15 is 0 Å². The third kappa shape index (κ3) is 2.40. The van der Waals surface area contributed by atoms with Crippen LogP contribution in [0.25, 0.3) is 0 Å². The summed E-state index contributed by atoms with van der Waals surface area (Å²) < 4.78 is 0. The van der Waals surface area contributed by atoms with E-state index in [0.29, 0.717) is 0 Å². The Morgan fingerprint density at radius 3 is 2.60 bits per heavy atom. The Kier molecular flexibility index (Phi) is 3.42. The smallest absolute Gasteiger partial charge is 0.0962 e. The number of nitrogens with zero attached hydrogens (tertiary/aromatic N) is 2. The van der Waals surface area contributed by atoms with Crippen LogP contribution in [-0.2, 0) is 6.42 Å². The number of hydrogen-bond acceptors (Lipinski definition) is 3. The van der Waals surface area contributed by atoms with Crippen molar-refractivity contribution in [1.82, 2.24) is 9.88 Å². The lowest BCUT2D eigenvalue weighted by Crippen LogP contribution is -2.29. The fourth-order valence-corrected chi connectivity index (χ4v) is 3.39. The van der Waals surface area contributed by atoms with Crippen LogP contribution in [0, 0.1) is 6.92 Å². The van der Waals surface area contributed by atoms with E-state index in [2.05, 4.69) is 25.8 Å². The Morgan fingerprint density at radius 1 is 1.40 bits per heavy atom. The summed E-state index contributed by atoms with van der Waals surface area (Å²) in [5, 5.41) is 1.39. The van der Waals surface area contributed by atoms with Crippen LogP contribution in [0.4, 0.5) is 0 Å². The van der Waals surface area contributed by atoms with Gasteiger partial charge in [0.1, 0.15) is 0 Å². The molecule has 0 unspecified atom stereocenters. The molecule has 1 aromatic heterocycles. The summed E-state index contributed by atoms with van der Waals surface area (Å²) >= 11 is 1.92. The van der Waals surface area contributed by atoms with Crippen molar-refractivity contribution in [1.29, 1.82) is 0 Å². The second kappa shape index (κ2) is 4.62. The molecule has 1 aliphatic heterocycles. The lowest BCUT2D eigenvalue weighted by atomic mass is 9.98. The molecule has 1 saturated heterocycles. The topological polar surface area (TPSA) is 16.1 Å². The van der Waals surface area contributed by atoms with Crippen LogP contribution in [-0.4, -0.2) is 30.0 Å². The van der Waals surface area contributed by atoms with Crippen molar-refractivity contribution >= 4 is 11.3 Å². The van der Waals surface area contributed by atoms with Crippen molar-refractivity contribution in [2.75, 3.05) is 20.1 Å². The Balaban J connectivity index is 2.09. The molecule has 1 aliphatic rings. The van der Waals surface area contributed by atoms with Crippen LogP contribution in [0.5, 0.6) is 0 Å². The number of hydrogen-bond donors (Lipinski definition) is 0. The molecular formula is C12H20N2S. The van der Waals surface area contributed by atoms with Gasteiger partial charge in [-0.1, -0.05) is 6.92 Å². The van der Waals surface area contributed by atoms with Gasteiger partial charge in [-0.2, -0.15) is 0 Å². The summed E-state index contributed by atoms with van der Waals surface area (Å²) in [6.45, 7) is 6.85. The van der Waals surface area contributed by atoms with Crippen LogP contribution in [0.2, 0.25) is 0 Å². The molecule has 84 valence electrons. The fraction of sp³-hybridized carbons (Fsp3) is 0.750. The monoisotopic (exact) mass is 224 g/mol. The molecule has 1 fully saturated rings. The molecule has 0 saturated carbocycles. The average Bonchev–Trinajstić information content (AvgIpc) is 2.61. The Morgan fingerprint density at radius 2 is 2.07 bits per heavy atom. The van der Waals surface area contributed by atoms with Gasteiger partial charge in [0.15, 0.2) is 0 Å². The molecule has 0 N–H and O–H groups in total. The zero-order valence-corrected chi connectivity index (χ0v) is 10.7. The molecule has 0 aliphatic carbocycles. The number of aromatic nitrogens is 1. The number of likely N-dealkylation sites (tertiary alicyclic amines) is 1. The van der Waals surface area contributed by atoms with E-state index < -0.39 is 0 Å². The van der Waals surface area contributed by atoms with Crippen molar-refractivity contribution in [2.24, 2.45) is 0 Å². The fourth-order valence-electron chi connectivity index (χ4n) is 2.21. The normalized spacial score (nSPS) is 19.7. The van der Waals surface area contributed by atoms with E-state index in [4.69, 9.17) is 4.98 Å². The van der Waals surface area contributed by atoms with Gasteiger partial charge in [0.2, 0.25) is 0 Å². The summed E-state index contributed by atoms with van der Waals surface area (Å²) in [5.74, 6) is 0.727. The zero-order valence-electron chi connectivity index (χ0n) is 9.92. The molecule has 3 heteroatoms. The highest BCUT2D eigenvalue weighted by molar-refractivity contribution is 7.11. The molecule has 0 radical (unpaired) electrons. The van der Waals surface area contributed by atoms with E-state index in [1.807, 2.05) is 11.3 Å². The number of piperidine rings is 1. The van der Waals surface area contributed by atoms with Gasteiger partial charge in [0, 0.05) is 10.8 Å². The van der Waals surface area contributed by atoms with Gasteiger partial charge in [0.05, 0.1) is 10.7 Å². The maximum atomic E-state index is 4.78. The van der Waals surface area contributed by atoms with Gasteiger partial charge in [-0.05, 0) is 46.3 Å². The van der Waals surface area contributed by atoms with Crippen molar-refractivity contribution < 1.29 is 0 Å². The van der Waals surface area contributed by atoms with Crippen LogP contribution in [0.15, 0.2) is 0 Å². The van der Waals surface area contributed by atoms with Crippen molar-refractivity contribution in [2.45, 2.75) is 39.0 Å². The second-order valence-electron chi connectivity index (χ2n) is 4.49. The van der Waals surface area contributed by atoms with Gasteiger partial charge in [-0.3, -0.25) is 0 Å². The Labute approximate surface area is 96.3 Å². The standard InChI is InChI=1S/C12H20N2S/c1-4-11-9(2)15-12(13-11)10-5-7-14(3)8-6-10/h10H,4-8H2,1-3H3. The number of thiazole rings is 1. The maximum Gasteiger partial charge on any atom is 0.0962 e. The Bertz CT molecular complexity index is 324. The largest absolute Gasteiger partial charge is 0.306 e. The summed E-state index contributed by atoms with van der Waals surface area (Å²) in [4.78, 5) is 8.61. The molecule has 0 amide bonds. The van der Waals surface area contributed by atoms with E-state index in [9.17, 15) is 0 Å². The first-order valence-corrected chi connectivity index (χ1v) is 6.67. The third-order valence-corrected chi connectivity index (χ3v) is 4.49. The van der Waals surface area contributed by atoms with Gasteiger partial charge in [-0.25, -0.2) is 4.98 Å². The van der Waals surface area contributed by atoms with Crippen LogP contribution in [0.1, 0.15) is 41.3 Å². The quantitative estimate of drug-likeness (QED) is 0.768. The molecular weight excluding hydrogens is 204 g/mol. The molecule has 15 heavy (non-hydrogen) atoms. The first-order valence-electron chi connectivity index (χ1n) is 5.85. The minimum atomic E-state index is 0.727. The van der Waals surface area contributed by atoms with Crippen molar-refractivity contribution in [3.05, 3.63) is 15.6 Å². The second-order valence-corrected chi connectivity index (χ2v) is 5.72. The SMILES string of the molecule is CCc1nc(C2CCN(C)CC2)sc1C. The van der Waals surface area contributed by atoms with E-state index in [0.717, 1.165) is 12.3 Å². The first-order chi connectivity index (χ1) is 7.20. The zero-order chi connectivity index (χ0) is 10.8. The van der Waals surface area contributed by atoms with Crippen molar-refractivity contribution in [3.8, 4) is 0 Å². The molecule has 0 bridgehead atoms. The molecule has 1 aromatic rings. The maximum absolute atomic E-state index is 4.78. The van der Waals surface area contributed by atoms with Gasteiger partial charge < -0.3 is 4.90 Å². The summed E-state index contributed by atoms with van der Waals surface area (Å²) in [7, 11) is 2.21. The molecule has 0 spiro atoms. The molecule has 2 heterocycles. The summed E-state index contributed by atoms with van der Waals surface area (Å²) in [5.41, 5.74) is 1.31. The lowest BCUT2D eigenvalue weighted by molar-refractivity contribution is 0.255. The predicted octanol–water partition coefficient (Wildman–Crippen LogP) is 2.82. The van der Waals surface area contributed by atoms with Gasteiger partial charge in [0.25, 0.3) is 0 Å². The predicted molar refractivity (Wildman–Crippen MR) is 65.7 cm³/mol. The van der Waals surface area contributed by atoms with E-state index in [1.54, 1.807) is 0 Å². The minimum Gasteiger partial charge on any atom is -0.306 e. The van der Waals surface area contributed by atoms with Crippen LogP contribution < -0.4 is 0 Å². The minimum absolute atomic E-state index is 0.727. The first kappa shape index (κ1) is 11.1. The van der Waals surface area contributed by atoms with Crippen LogP contribution >= 0.6 is 11.3 Å². The Hall–Kier alpha value is -0.410. The highest BCUT2D eigenvalue weighted by atomic mass is 32.1. The molecule has 2 rings (SSSR count). The number of rotatable bonds is 2. The lowest BCUT2D eigenvalue weighted by Gasteiger charge is -2.27. The van der Waals surface area contributed by atoms with Crippen molar-refractivity contribution in [3.63, 3.8) is 0 Å². The average molecular weight is 224 g/mol. The highest BCUT2D eigenvalue weighted by Gasteiger charge is 2.21. The van der Waals surface area contributed by atoms with E-state index in [-0.39, 0.29) is 0 Å². The van der Waals surface area contributed by atoms with Crippen LogP contribution in [0.3, 0.4) is 0 Å². The van der Waals surface area contributed by atoms with Gasteiger partial charge >= 0.3 is 0 Å². The summed E-state index contributed by atoms with van der Waals surface area (Å²) in [6, 6.07) is 0. The van der Waals surface area contributed by atoms with Gasteiger partial charge in [-0.15, -0.1) is 11.3 Å².